The highest BCUT2D eigenvalue weighted by molar-refractivity contribution is 5.97. The van der Waals surface area contributed by atoms with Crippen LogP contribution in [0.5, 0.6) is 0 Å². The van der Waals surface area contributed by atoms with Gasteiger partial charge in [-0.25, -0.2) is 4.79 Å². The SMILES string of the molecule is CC(CN)C(=O)OC(=O)c1ccccc1. The van der Waals surface area contributed by atoms with Crippen molar-refractivity contribution in [3.8, 4) is 0 Å². The fourth-order valence-corrected chi connectivity index (χ4v) is 0.921. The minimum absolute atomic E-state index is 0.168. The number of rotatable bonds is 3. The Morgan fingerprint density at radius 3 is 2.47 bits per heavy atom. The van der Waals surface area contributed by atoms with E-state index in [9.17, 15) is 9.59 Å². The van der Waals surface area contributed by atoms with Crippen LogP contribution in [-0.2, 0) is 9.53 Å². The largest absolute Gasteiger partial charge is 0.389 e. The van der Waals surface area contributed by atoms with Crippen molar-refractivity contribution < 1.29 is 14.3 Å². The molecule has 1 aromatic carbocycles. The molecular formula is C11H13NO3. The third-order valence-electron chi connectivity index (χ3n) is 1.96. The molecule has 4 nitrogen and oxygen atoms in total. The molecule has 0 bridgehead atoms. The first kappa shape index (κ1) is 11.4. The molecule has 15 heavy (non-hydrogen) atoms. The smallest absolute Gasteiger partial charge is 0.345 e. The minimum Gasteiger partial charge on any atom is -0.389 e. The van der Waals surface area contributed by atoms with Crippen LogP contribution in [-0.4, -0.2) is 18.5 Å². The van der Waals surface area contributed by atoms with Crippen LogP contribution in [0.3, 0.4) is 0 Å². The lowest BCUT2D eigenvalue weighted by Crippen LogP contribution is -2.25. The van der Waals surface area contributed by atoms with Gasteiger partial charge in [-0.15, -0.1) is 0 Å². The first-order chi connectivity index (χ1) is 7.15. The van der Waals surface area contributed by atoms with Crippen molar-refractivity contribution in [1.82, 2.24) is 0 Å². The van der Waals surface area contributed by atoms with Crippen LogP contribution in [0.2, 0.25) is 0 Å². The average Bonchev–Trinajstić information content (AvgIpc) is 2.29. The van der Waals surface area contributed by atoms with Crippen molar-refractivity contribution in [2.45, 2.75) is 6.92 Å². The fraction of sp³-hybridized carbons (Fsp3) is 0.273. The number of esters is 2. The molecule has 1 rings (SSSR count). The summed E-state index contributed by atoms with van der Waals surface area (Å²) >= 11 is 0. The molecule has 2 N–H and O–H groups in total. The van der Waals surface area contributed by atoms with E-state index < -0.39 is 17.9 Å². The predicted octanol–water partition coefficient (Wildman–Crippen LogP) is 0.965. The summed E-state index contributed by atoms with van der Waals surface area (Å²) in [5.41, 5.74) is 5.63. The first-order valence-corrected chi connectivity index (χ1v) is 4.66. The second-order valence-corrected chi connectivity index (χ2v) is 3.21. The van der Waals surface area contributed by atoms with Gasteiger partial charge in [-0.2, -0.15) is 0 Å². The van der Waals surface area contributed by atoms with Crippen molar-refractivity contribution in [3.05, 3.63) is 35.9 Å². The molecule has 0 radical (unpaired) electrons. The van der Waals surface area contributed by atoms with Crippen LogP contribution in [0, 0.1) is 5.92 Å². The van der Waals surface area contributed by atoms with Crippen LogP contribution in [0.15, 0.2) is 30.3 Å². The number of nitrogens with two attached hydrogens (primary N) is 1. The summed E-state index contributed by atoms with van der Waals surface area (Å²) in [6, 6.07) is 8.35. The van der Waals surface area contributed by atoms with Gasteiger partial charge in [0.1, 0.15) is 0 Å². The maximum atomic E-state index is 11.4. The molecule has 1 atom stereocenters. The van der Waals surface area contributed by atoms with Gasteiger partial charge in [-0.3, -0.25) is 4.79 Å². The number of carbonyl (C=O) groups is 2. The number of carbonyl (C=O) groups excluding carboxylic acids is 2. The van der Waals surface area contributed by atoms with Crippen LogP contribution in [0.25, 0.3) is 0 Å². The van der Waals surface area contributed by atoms with E-state index in [0.717, 1.165) is 0 Å². The Hall–Kier alpha value is -1.68. The third-order valence-corrected chi connectivity index (χ3v) is 1.96. The lowest BCUT2D eigenvalue weighted by Gasteiger charge is -2.07. The fourth-order valence-electron chi connectivity index (χ4n) is 0.921. The zero-order chi connectivity index (χ0) is 11.3. The maximum absolute atomic E-state index is 11.4. The topological polar surface area (TPSA) is 69.4 Å². The Morgan fingerprint density at radius 1 is 1.33 bits per heavy atom. The van der Waals surface area contributed by atoms with E-state index in [2.05, 4.69) is 4.74 Å². The van der Waals surface area contributed by atoms with Crippen LogP contribution < -0.4 is 5.73 Å². The number of hydrogen-bond donors (Lipinski definition) is 1. The summed E-state index contributed by atoms with van der Waals surface area (Å²) in [5.74, 6) is -1.69. The summed E-state index contributed by atoms with van der Waals surface area (Å²) < 4.78 is 4.63. The molecule has 1 aromatic rings. The second-order valence-electron chi connectivity index (χ2n) is 3.21. The molecule has 0 saturated heterocycles. The first-order valence-electron chi connectivity index (χ1n) is 4.66. The van der Waals surface area contributed by atoms with E-state index in [1.54, 1.807) is 37.3 Å². The van der Waals surface area contributed by atoms with Crippen LogP contribution in [0.4, 0.5) is 0 Å². The standard InChI is InChI=1S/C11H13NO3/c1-8(7-12)10(13)15-11(14)9-5-3-2-4-6-9/h2-6,8H,7,12H2,1H3. The summed E-state index contributed by atoms with van der Waals surface area (Å²) in [4.78, 5) is 22.6. The van der Waals surface area contributed by atoms with E-state index in [1.165, 1.54) is 0 Å². The highest BCUT2D eigenvalue weighted by Crippen LogP contribution is 2.04. The molecular weight excluding hydrogens is 194 g/mol. The van der Waals surface area contributed by atoms with Crippen molar-refractivity contribution in [2.75, 3.05) is 6.54 Å². The Kier molecular flexibility index (Phi) is 4.00. The van der Waals surface area contributed by atoms with E-state index in [1.807, 2.05) is 0 Å². The van der Waals surface area contributed by atoms with E-state index >= 15 is 0 Å². The molecule has 1 unspecified atom stereocenters. The van der Waals surface area contributed by atoms with Crippen molar-refractivity contribution in [2.24, 2.45) is 11.7 Å². The minimum atomic E-state index is -0.638. The summed E-state index contributed by atoms with van der Waals surface area (Å²) in [6.07, 6.45) is 0. The normalized spacial score (nSPS) is 11.9. The van der Waals surface area contributed by atoms with Gasteiger partial charge < -0.3 is 10.5 Å². The number of hydrogen-bond acceptors (Lipinski definition) is 4. The summed E-state index contributed by atoms with van der Waals surface area (Å²) in [5, 5.41) is 0. The Morgan fingerprint density at radius 2 is 1.93 bits per heavy atom. The van der Waals surface area contributed by atoms with Gasteiger partial charge in [0.05, 0.1) is 11.5 Å². The highest BCUT2D eigenvalue weighted by Gasteiger charge is 2.17. The quantitative estimate of drug-likeness (QED) is 0.592. The van der Waals surface area contributed by atoms with E-state index in [0.29, 0.717) is 5.56 Å². The van der Waals surface area contributed by atoms with Crippen LogP contribution in [0.1, 0.15) is 17.3 Å². The number of benzene rings is 1. The van der Waals surface area contributed by atoms with Gasteiger partial charge in [0.15, 0.2) is 0 Å². The lowest BCUT2D eigenvalue weighted by atomic mass is 10.2. The Bertz CT molecular complexity index is 348. The molecule has 0 spiro atoms. The van der Waals surface area contributed by atoms with Gasteiger partial charge in [-0.1, -0.05) is 25.1 Å². The molecule has 0 heterocycles. The second kappa shape index (κ2) is 5.26. The van der Waals surface area contributed by atoms with Gasteiger partial charge in [0, 0.05) is 6.54 Å². The van der Waals surface area contributed by atoms with E-state index in [4.69, 9.17) is 5.73 Å². The molecule has 80 valence electrons. The Balaban J connectivity index is 2.61. The summed E-state index contributed by atoms with van der Waals surface area (Å²) in [6.45, 7) is 1.78. The van der Waals surface area contributed by atoms with Gasteiger partial charge in [-0.05, 0) is 12.1 Å². The predicted molar refractivity (Wildman–Crippen MR) is 55.1 cm³/mol. The molecule has 0 saturated carbocycles. The zero-order valence-electron chi connectivity index (χ0n) is 8.47. The molecule has 0 fully saturated rings. The van der Waals surface area contributed by atoms with Gasteiger partial charge in [0.2, 0.25) is 0 Å². The Labute approximate surface area is 88.0 Å². The maximum Gasteiger partial charge on any atom is 0.345 e. The summed E-state index contributed by atoms with van der Waals surface area (Å²) in [7, 11) is 0. The van der Waals surface area contributed by atoms with Gasteiger partial charge in [0.25, 0.3) is 0 Å². The monoisotopic (exact) mass is 207 g/mol. The molecule has 0 aliphatic heterocycles. The average molecular weight is 207 g/mol. The third kappa shape index (κ3) is 3.18. The molecule has 4 heteroatoms. The highest BCUT2D eigenvalue weighted by atomic mass is 16.6. The lowest BCUT2D eigenvalue weighted by molar-refractivity contribution is -0.141. The molecule has 0 aliphatic rings. The van der Waals surface area contributed by atoms with E-state index in [-0.39, 0.29) is 6.54 Å². The van der Waals surface area contributed by atoms with Gasteiger partial charge >= 0.3 is 11.9 Å². The van der Waals surface area contributed by atoms with Crippen molar-refractivity contribution in [1.29, 1.82) is 0 Å². The molecule has 0 amide bonds. The molecule has 0 aromatic heterocycles. The zero-order valence-corrected chi connectivity index (χ0v) is 8.47. The van der Waals surface area contributed by atoms with Crippen molar-refractivity contribution in [3.63, 3.8) is 0 Å². The van der Waals surface area contributed by atoms with Crippen LogP contribution >= 0.6 is 0 Å². The molecule has 0 aliphatic carbocycles. The van der Waals surface area contributed by atoms with Crippen molar-refractivity contribution >= 4 is 11.9 Å². The number of ether oxygens (including phenoxy) is 1.